The summed E-state index contributed by atoms with van der Waals surface area (Å²) in [6.45, 7) is 1.92. The minimum absolute atomic E-state index is 0.434. The van der Waals surface area contributed by atoms with Crippen LogP contribution in [0, 0.1) is 5.92 Å². The van der Waals surface area contributed by atoms with Crippen LogP contribution in [-0.2, 0) is 0 Å². The van der Waals surface area contributed by atoms with Gasteiger partial charge in [-0.05, 0) is 19.8 Å². The summed E-state index contributed by atoms with van der Waals surface area (Å²) in [6, 6.07) is 0.434. The van der Waals surface area contributed by atoms with E-state index >= 15 is 0 Å². The molecule has 0 spiro atoms. The predicted octanol–water partition coefficient (Wildman–Crippen LogP) is 2.61. The maximum atomic E-state index is 6.05. The first-order valence-electron chi connectivity index (χ1n) is 4.56. The van der Waals surface area contributed by atoms with E-state index in [0.29, 0.717) is 12.0 Å². The second kappa shape index (κ2) is 3.17. The van der Waals surface area contributed by atoms with Crippen molar-refractivity contribution in [2.75, 3.05) is 0 Å². The molecule has 0 amide bonds. The van der Waals surface area contributed by atoms with E-state index < -0.39 is 0 Å². The minimum atomic E-state index is 0.434. The van der Waals surface area contributed by atoms with Crippen molar-refractivity contribution < 1.29 is 0 Å². The van der Waals surface area contributed by atoms with E-state index in [1.54, 1.807) is 0 Å². The van der Waals surface area contributed by atoms with Gasteiger partial charge in [0.15, 0.2) is 0 Å². The van der Waals surface area contributed by atoms with Crippen molar-refractivity contribution in [1.82, 2.24) is 0 Å². The average Bonchev–Trinajstić information content (AvgIpc) is 2.04. The molecule has 0 aromatic carbocycles. The van der Waals surface area contributed by atoms with Crippen molar-refractivity contribution in [3.8, 4) is 0 Å². The monoisotopic (exact) mass is 184 g/mol. The van der Waals surface area contributed by atoms with E-state index in [1.807, 2.05) is 6.92 Å². The van der Waals surface area contributed by atoms with Crippen LogP contribution >= 0.6 is 11.6 Å². The summed E-state index contributed by atoms with van der Waals surface area (Å²) in [4.78, 5) is 8.70. The zero-order valence-corrected chi connectivity index (χ0v) is 8.01. The fraction of sp³-hybridized carbons (Fsp3) is 0.778. The van der Waals surface area contributed by atoms with Gasteiger partial charge in [-0.15, -0.1) is 0 Å². The van der Waals surface area contributed by atoms with Gasteiger partial charge in [-0.2, -0.15) is 0 Å². The molecule has 2 rings (SSSR count). The molecule has 1 fully saturated rings. The van der Waals surface area contributed by atoms with Crippen LogP contribution in [0.15, 0.2) is 9.98 Å². The first kappa shape index (κ1) is 8.24. The number of hydrogen-bond acceptors (Lipinski definition) is 2. The highest BCUT2D eigenvalue weighted by molar-refractivity contribution is 6.66. The number of aliphatic imine (C=N–C) groups is 2. The van der Waals surface area contributed by atoms with Crippen molar-refractivity contribution in [2.24, 2.45) is 15.9 Å². The molecule has 2 nitrogen and oxygen atoms in total. The van der Waals surface area contributed by atoms with Crippen molar-refractivity contribution >= 4 is 22.6 Å². The quantitative estimate of drug-likeness (QED) is 0.553. The number of nitrogens with zero attached hydrogens (tertiary/aromatic N) is 2. The summed E-state index contributed by atoms with van der Waals surface area (Å²) in [5, 5.41) is 0.784. The lowest BCUT2D eigenvalue weighted by molar-refractivity contribution is 0.381. The molecule has 0 bridgehead atoms. The molecule has 3 heteroatoms. The van der Waals surface area contributed by atoms with Crippen molar-refractivity contribution in [3.05, 3.63) is 0 Å². The molecule has 2 atom stereocenters. The fourth-order valence-electron chi connectivity index (χ4n) is 2.05. The second-order valence-electron chi connectivity index (χ2n) is 3.57. The van der Waals surface area contributed by atoms with Crippen LogP contribution in [0.3, 0.4) is 0 Å². The first-order chi connectivity index (χ1) is 5.77. The smallest absolute Gasteiger partial charge is 0.121 e. The Hall–Kier alpha value is -0.370. The van der Waals surface area contributed by atoms with E-state index in [0.717, 1.165) is 11.0 Å². The van der Waals surface area contributed by atoms with Crippen LogP contribution in [0.25, 0.3) is 0 Å². The molecule has 2 unspecified atom stereocenters. The third kappa shape index (κ3) is 1.40. The summed E-state index contributed by atoms with van der Waals surface area (Å²) >= 11 is 6.05. The highest BCUT2D eigenvalue weighted by Crippen LogP contribution is 2.31. The zero-order chi connectivity index (χ0) is 8.55. The Balaban J connectivity index is 2.21. The normalized spacial score (nSPS) is 35.2. The van der Waals surface area contributed by atoms with E-state index in [-0.39, 0.29) is 0 Å². The molecule has 0 radical (unpaired) electrons. The molecule has 1 heterocycles. The topological polar surface area (TPSA) is 24.7 Å². The van der Waals surface area contributed by atoms with Gasteiger partial charge >= 0.3 is 0 Å². The van der Waals surface area contributed by atoms with Crippen molar-refractivity contribution in [3.63, 3.8) is 0 Å². The largest absolute Gasteiger partial charge is 0.267 e. The van der Waals surface area contributed by atoms with Gasteiger partial charge in [-0.1, -0.05) is 24.4 Å². The van der Waals surface area contributed by atoms with E-state index in [9.17, 15) is 0 Å². The van der Waals surface area contributed by atoms with Gasteiger partial charge in [0.2, 0.25) is 0 Å². The molecule has 12 heavy (non-hydrogen) atoms. The van der Waals surface area contributed by atoms with E-state index in [2.05, 4.69) is 9.98 Å². The lowest BCUT2D eigenvalue weighted by Crippen LogP contribution is -2.31. The summed E-state index contributed by atoms with van der Waals surface area (Å²) in [5.41, 5.74) is 0. The molecular weight excluding hydrogens is 172 g/mol. The Morgan fingerprint density at radius 1 is 1.33 bits per heavy atom. The highest BCUT2D eigenvalue weighted by atomic mass is 35.5. The van der Waals surface area contributed by atoms with Crippen molar-refractivity contribution in [2.45, 2.75) is 38.6 Å². The molecular formula is C9H13ClN2. The van der Waals surface area contributed by atoms with E-state index in [1.165, 1.54) is 25.7 Å². The van der Waals surface area contributed by atoms with Gasteiger partial charge < -0.3 is 0 Å². The summed E-state index contributed by atoms with van der Waals surface area (Å²) in [5.74, 6) is 1.28. The predicted molar refractivity (Wildman–Crippen MR) is 52.1 cm³/mol. The molecule has 2 aliphatic rings. The maximum absolute atomic E-state index is 6.05. The van der Waals surface area contributed by atoms with Gasteiger partial charge in [0, 0.05) is 5.92 Å². The molecule has 0 aromatic rings. The van der Waals surface area contributed by atoms with Crippen LogP contribution in [0.5, 0.6) is 0 Å². The van der Waals surface area contributed by atoms with Crippen LogP contribution in [0.1, 0.15) is 32.6 Å². The van der Waals surface area contributed by atoms with E-state index in [4.69, 9.17) is 11.6 Å². The Kier molecular flexibility index (Phi) is 2.18. The number of halogens is 1. The molecule has 0 N–H and O–H groups in total. The molecule has 1 aliphatic carbocycles. The number of hydrogen-bond donors (Lipinski definition) is 0. The Morgan fingerprint density at radius 3 is 2.92 bits per heavy atom. The Labute approximate surface area is 77.7 Å². The summed E-state index contributed by atoms with van der Waals surface area (Å²) < 4.78 is 0. The molecule has 0 aromatic heterocycles. The lowest BCUT2D eigenvalue weighted by atomic mass is 9.85. The molecule has 1 saturated carbocycles. The third-order valence-electron chi connectivity index (χ3n) is 2.66. The fourth-order valence-corrected chi connectivity index (χ4v) is 2.43. The van der Waals surface area contributed by atoms with Crippen molar-refractivity contribution in [1.29, 1.82) is 0 Å². The van der Waals surface area contributed by atoms with Crippen LogP contribution < -0.4 is 0 Å². The van der Waals surface area contributed by atoms with Crippen LogP contribution in [0.4, 0.5) is 0 Å². The number of rotatable bonds is 0. The van der Waals surface area contributed by atoms with Gasteiger partial charge in [0.05, 0.1) is 6.04 Å². The highest BCUT2D eigenvalue weighted by Gasteiger charge is 2.30. The SMILES string of the molecule is CC1=NC2CCCCC2C(Cl)=N1. The zero-order valence-electron chi connectivity index (χ0n) is 7.26. The number of amidine groups is 1. The van der Waals surface area contributed by atoms with Gasteiger partial charge in [0.25, 0.3) is 0 Å². The number of fused-ring (bicyclic) bond motifs is 1. The molecule has 0 saturated heterocycles. The standard InChI is InChI=1S/C9H13ClN2/c1-6-11-8-5-3-2-4-7(8)9(10)12-6/h7-8H,2-5H2,1H3. The molecule has 66 valence electrons. The average molecular weight is 185 g/mol. The summed E-state index contributed by atoms with van der Waals surface area (Å²) in [7, 11) is 0. The van der Waals surface area contributed by atoms with Gasteiger partial charge in [-0.25, -0.2) is 4.99 Å². The van der Waals surface area contributed by atoms with Crippen LogP contribution in [0.2, 0.25) is 0 Å². The Bertz CT molecular complexity index is 245. The third-order valence-corrected chi connectivity index (χ3v) is 3.02. The van der Waals surface area contributed by atoms with Gasteiger partial charge in [0.1, 0.15) is 11.0 Å². The van der Waals surface area contributed by atoms with Gasteiger partial charge in [-0.3, -0.25) is 4.99 Å². The Morgan fingerprint density at radius 2 is 2.08 bits per heavy atom. The minimum Gasteiger partial charge on any atom is -0.267 e. The summed E-state index contributed by atoms with van der Waals surface area (Å²) in [6.07, 6.45) is 4.93. The maximum Gasteiger partial charge on any atom is 0.121 e. The molecule has 1 aliphatic heterocycles. The first-order valence-corrected chi connectivity index (χ1v) is 4.93. The second-order valence-corrected chi connectivity index (χ2v) is 3.96. The lowest BCUT2D eigenvalue weighted by Gasteiger charge is -2.30. The van der Waals surface area contributed by atoms with Crippen LogP contribution in [-0.4, -0.2) is 17.0 Å².